The molecule has 0 saturated carbocycles. The number of nitrogens with zero attached hydrogens (tertiary/aromatic N) is 1. The number of rotatable bonds is 5. The Kier molecular flexibility index (Phi) is 4.43. The smallest absolute Gasteiger partial charge is 0.249 e. The lowest BCUT2D eigenvalue weighted by Gasteiger charge is -2.09. The third-order valence-electron chi connectivity index (χ3n) is 4.34. The molecular formula is C17H23N3O2. The number of hydrogen-bond acceptors (Lipinski definition) is 3. The second-order valence-electron chi connectivity index (χ2n) is 5.98. The van der Waals surface area contributed by atoms with E-state index in [2.05, 4.69) is 41.3 Å². The van der Waals surface area contributed by atoms with Crippen molar-refractivity contribution in [3.05, 3.63) is 29.1 Å². The first-order valence-corrected chi connectivity index (χ1v) is 7.99. The van der Waals surface area contributed by atoms with Gasteiger partial charge in [0.15, 0.2) is 0 Å². The number of nitrogens with one attached hydrogen (secondary N) is 2. The van der Waals surface area contributed by atoms with E-state index in [0.29, 0.717) is 13.2 Å². The molecule has 1 saturated heterocycles. The fraction of sp³-hybridized carbons (Fsp3) is 0.529. The Labute approximate surface area is 130 Å². The van der Waals surface area contributed by atoms with E-state index in [1.807, 2.05) is 0 Å². The van der Waals surface area contributed by atoms with Gasteiger partial charge < -0.3 is 15.0 Å². The van der Waals surface area contributed by atoms with Crippen molar-refractivity contribution >= 4 is 16.9 Å². The molecular weight excluding hydrogens is 278 g/mol. The first-order chi connectivity index (χ1) is 10.6. The highest BCUT2D eigenvalue weighted by molar-refractivity contribution is 5.81. The Bertz CT molecular complexity index is 672. The minimum Gasteiger partial charge on any atom is -0.368 e. The van der Waals surface area contributed by atoms with Crippen LogP contribution in [0.4, 0.5) is 0 Å². The summed E-state index contributed by atoms with van der Waals surface area (Å²) in [6, 6.07) is 4.19. The maximum absolute atomic E-state index is 11.8. The van der Waals surface area contributed by atoms with Crippen LogP contribution in [0.25, 0.3) is 11.0 Å². The number of H-pyrrole nitrogens is 1. The van der Waals surface area contributed by atoms with Crippen LogP contribution in [0.2, 0.25) is 0 Å². The van der Waals surface area contributed by atoms with Crippen LogP contribution >= 0.6 is 0 Å². The average Bonchev–Trinajstić information content (AvgIpc) is 3.16. The summed E-state index contributed by atoms with van der Waals surface area (Å²) in [6.45, 7) is 5.57. The Balaban J connectivity index is 1.51. The second kappa shape index (κ2) is 6.48. The molecule has 2 aromatic rings. The number of hydrogen-bond donors (Lipinski definition) is 2. The third-order valence-corrected chi connectivity index (χ3v) is 4.34. The minimum atomic E-state index is -0.239. The summed E-state index contributed by atoms with van der Waals surface area (Å²) in [5, 5.41) is 2.94. The predicted molar refractivity (Wildman–Crippen MR) is 85.9 cm³/mol. The van der Waals surface area contributed by atoms with Gasteiger partial charge in [0.05, 0.1) is 11.0 Å². The molecule has 2 N–H and O–H groups in total. The van der Waals surface area contributed by atoms with Crippen LogP contribution in [-0.4, -0.2) is 35.1 Å². The zero-order valence-electron chi connectivity index (χ0n) is 13.2. The number of ether oxygens (including phenoxy) is 1. The van der Waals surface area contributed by atoms with Gasteiger partial charge in [0.1, 0.15) is 11.9 Å². The number of aromatic nitrogens is 2. The van der Waals surface area contributed by atoms with Crippen molar-refractivity contribution in [1.29, 1.82) is 0 Å². The zero-order chi connectivity index (χ0) is 15.5. The van der Waals surface area contributed by atoms with Crippen molar-refractivity contribution < 1.29 is 9.53 Å². The average molecular weight is 301 g/mol. The number of aromatic amines is 1. The molecule has 1 aliphatic rings. The van der Waals surface area contributed by atoms with E-state index < -0.39 is 0 Å². The third kappa shape index (κ3) is 3.14. The van der Waals surface area contributed by atoms with Crippen molar-refractivity contribution in [1.82, 2.24) is 15.3 Å². The number of carbonyl (C=O) groups is 1. The topological polar surface area (TPSA) is 67.0 Å². The standard InChI is InChI=1S/C17H23N3O2/c1-11-7-8-13-16(12(11)2)20-15(19-13)6-3-9-18-17(21)14-5-4-10-22-14/h7-8,14H,3-6,9-10H2,1-2H3,(H,18,21)(H,19,20). The van der Waals surface area contributed by atoms with E-state index in [4.69, 9.17) is 4.74 Å². The summed E-state index contributed by atoms with van der Waals surface area (Å²) in [5.74, 6) is 1.00. The minimum absolute atomic E-state index is 0.0218. The van der Waals surface area contributed by atoms with Crippen LogP contribution in [0.15, 0.2) is 12.1 Å². The van der Waals surface area contributed by atoms with Gasteiger partial charge in [-0.2, -0.15) is 0 Å². The first kappa shape index (κ1) is 15.0. The van der Waals surface area contributed by atoms with Crippen molar-refractivity contribution in [3.8, 4) is 0 Å². The van der Waals surface area contributed by atoms with Gasteiger partial charge in [0.2, 0.25) is 5.91 Å². The summed E-state index contributed by atoms with van der Waals surface area (Å²) in [6.07, 6.45) is 3.29. The van der Waals surface area contributed by atoms with Gasteiger partial charge in [0.25, 0.3) is 0 Å². The van der Waals surface area contributed by atoms with Crippen LogP contribution in [-0.2, 0) is 16.0 Å². The van der Waals surface area contributed by atoms with Crippen LogP contribution in [0, 0.1) is 13.8 Å². The van der Waals surface area contributed by atoms with Crippen LogP contribution in [0.3, 0.4) is 0 Å². The molecule has 5 heteroatoms. The first-order valence-electron chi connectivity index (χ1n) is 7.99. The molecule has 0 aliphatic carbocycles. The lowest BCUT2D eigenvalue weighted by Crippen LogP contribution is -2.34. The molecule has 1 atom stereocenters. The van der Waals surface area contributed by atoms with Crippen molar-refractivity contribution in [2.75, 3.05) is 13.2 Å². The molecule has 3 rings (SSSR count). The van der Waals surface area contributed by atoms with Gasteiger partial charge in [-0.3, -0.25) is 4.79 Å². The number of benzene rings is 1. The summed E-state index contributed by atoms with van der Waals surface area (Å²) >= 11 is 0. The Morgan fingerprint density at radius 3 is 3.09 bits per heavy atom. The highest BCUT2D eigenvalue weighted by atomic mass is 16.5. The van der Waals surface area contributed by atoms with Gasteiger partial charge in [-0.1, -0.05) is 6.07 Å². The Hall–Kier alpha value is -1.88. The molecule has 1 amide bonds. The van der Waals surface area contributed by atoms with Crippen LogP contribution < -0.4 is 5.32 Å². The quantitative estimate of drug-likeness (QED) is 0.833. The van der Waals surface area contributed by atoms with Crippen LogP contribution in [0.1, 0.15) is 36.2 Å². The molecule has 0 bridgehead atoms. The largest absolute Gasteiger partial charge is 0.368 e. The molecule has 0 spiro atoms. The van der Waals surface area contributed by atoms with E-state index in [9.17, 15) is 4.79 Å². The SMILES string of the molecule is Cc1ccc2[nH]c(CCCNC(=O)C3CCCO3)nc2c1C. The maximum atomic E-state index is 11.8. The molecule has 2 heterocycles. The summed E-state index contributed by atoms with van der Waals surface area (Å²) in [5.41, 5.74) is 4.63. The predicted octanol–water partition coefficient (Wildman–Crippen LogP) is 2.41. The number of amides is 1. The van der Waals surface area contributed by atoms with E-state index in [1.54, 1.807) is 0 Å². The van der Waals surface area contributed by atoms with Gasteiger partial charge in [-0.25, -0.2) is 4.98 Å². The zero-order valence-corrected chi connectivity index (χ0v) is 13.2. The fourth-order valence-electron chi connectivity index (χ4n) is 2.85. The van der Waals surface area contributed by atoms with E-state index >= 15 is 0 Å². The molecule has 1 aliphatic heterocycles. The van der Waals surface area contributed by atoms with Crippen LogP contribution in [0.5, 0.6) is 0 Å². The second-order valence-corrected chi connectivity index (χ2v) is 5.98. The van der Waals surface area contributed by atoms with E-state index in [0.717, 1.165) is 42.5 Å². The molecule has 1 fully saturated rings. The fourth-order valence-corrected chi connectivity index (χ4v) is 2.85. The normalized spacial score (nSPS) is 18.0. The Morgan fingerprint density at radius 2 is 2.32 bits per heavy atom. The monoisotopic (exact) mass is 301 g/mol. The van der Waals surface area contributed by atoms with Crippen molar-refractivity contribution in [3.63, 3.8) is 0 Å². The van der Waals surface area contributed by atoms with E-state index in [1.165, 1.54) is 11.1 Å². The number of fused-ring (bicyclic) bond motifs is 1. The highest BCUT2D eigenvalue weighted by Gasteiger charge is 2.22. The molecule has 1 aromatic carbocycles. The van der Waals surface area contributed by atoms with Crippen molar-refractivity contribution in [2.24, 2.45) is 0 Å². The maximum Gasteiger partial charge on any atom is 0.249 e. The number of carbonyl (C=O) groups excluding carboxylic acids is 1. The van der Waals surface area contributed by atoms with Crippen molar-refractivity contribution in [2.45, 2.75) is 45.6 Å². The Morgan fingerprint density at radius 1 is 1.45 bits per heavy atom. The van der Waals surface area contributed by atoms with Gasteiger partial charge in [-0.05, 0) is 50.3 Å². The molecule has 5 nitrogen and oxygen atoms in total. The summed E-state index contributed by atoms with van der Waals surface area (Å²) in [7, 11) is 0. The van der Waals surface area contributed by atoms with Gasteiger partial charge in [-0.15, -0.1) is 0 Å². The lowest BCUT2D eigenvalue weighted by molar-refractivity contribution is -0.130. The summed E-state index contributed by atoms with van der Waals surface area (Å²) < 4.78 is 5.36. The molecule has 0 radical (unpaired) electrons. The highest BCUT2D eigenvalue weighted by Crippen LogP contribution is 2.19. The molecule has 1 aromatic heterocycles. The van der Waals surface area contributed by atoms with Gasteiger partial charge >= 0.3 is 0 Å². The number of imidazole rings is 1. The van der Waals surface area contributed by atoms with E-state index in [-0.39, 0.29) is 12.0 Å². The molecule has 1 unspecified atom stereocenters. The van der Waals surface area contributed by atoms with Gasteiger partial charge in [0, 0.05) is 19.6 Å². The lowest BCUT2D eigenvalue weighted by atomic mass is 10.1. The number of aryl methyl sites for hydroxylation is 3. The molecule has 22 heavy (non-hydrogen) atoms. The molecule has 118 valence electrons. The summed E-state index contributed by atoms with van der Waals surface area (Å²) in [4.78, 5) is 19.9.